The average molecular weight is 311 g/mol. The summed E-state index contributed by atoms with van der Waals surface area (Å²) in [4.78, 5) is 24.6. The summed E-state index contributed by atoms with van der Waals surface area (Å²) in [6.07, 6.45) is 0.784. The third-order valence-electron chi connectivity index (χ3n) is 3.68. The van der Waals surface area contributed by atoms with Crippen molar-refractivity contribution in [2.45, 2.75) is 6.92 Å². The van der Waals surface area contributed by atoms with Gasteiger partial charge in [-0.2, -0.15) is 0 Å². The van der Waals surface area contributed by atoms with Gasteiger partial charge in [-0.1, -0.05) is 6.07 Å². The first-order valence-corrected chi connectivity index (χ1v) is 7.38. The summed E-state index contributed by atoms with van der Waals surface area (Å²) < 4.78 is 11.2. The predicted molar refractivity (Wildman–Crippen MR) is 85.0 cm³/mol. The Morgan fingerprint density at radius 2 is 2.00 bits per heavy atom. The molecule has 0 bridgehead atoms. The number of aldehydes is 1. The molecule has 1 aliphatic rings. The summed E-state index contributed by atoms with van der Waals surface area (Å²) in [5, 5.41) is 0. The zero-order valence-electron chi connectivity index (χ0n) is 12.8. The van der Waals surface area contributed by atoms with Crippen molar-refractivity contribution in [3.63, 3.8) is 0 Å². The third-order valence-corrected chi connectivity index (χ3v) is 3.68. The van der Waals surface area contributed by atoms with Gasteiger partial charge in [0.1, 0.15) is 24.4 Å². The van der Waals surface area contributed by atoms with Gasteiger partial charge in [0, 0.05) is 5.56 Å². The van der Waals surface area contributed by atoms with E-state index in [4.69, 9.17) is 9.47 Å². The molecule has 118 valence electrons. The fourth-order valence-electron chi connectivity index (χ4n) is 2.38. The maximum Gasteiger partial charge on any atom is 0.260 e. The van der Waals surface area contributed by atoms with Gasteiger partial charge in [0.15, 0.2) is 6.73 Å². The maximum atomic E-state index is 12.4. The number of hydrogen-bond acceptors (Lipinski definition) is 4. The van der Waals surface area contributed by atoms with E-state index in [1.54, 1.807) is 35.2 Å². The van der Waals surface area contributed by atoms with Crippen LogP contribution in [0.3, 0.4) is 0 Å². The lowest BCUT2D eigenvalue weighted by molar-refractivity contribution is 0.0481. The molecule has 1 amide bonds. The molecule has 2 aromatic rings. The Bertz CT molecular complexity index is 724. The van der Waals surface area contributed by atoms with Crippen molar-refractivity contribution < 1.29 is 19.1 Å². The van der Waals surface area contributed by atoms with Gasteiger partial charge >= 0.3 is 0 Å². The van der Waals surface area contributed by atoms with E-state index >= 15 is 0 Å². The molecular weight excluding hydrogens is 294 g/mol. The van der Waals surface area contributed by atoms with Crippen LogP contribution in [0.25, 0.3) is 0 Å². The molecule has 5 nitrogen and oxygen atoms in total. The van der Waals surface area contributed by atoms with E-state index in [1.807, 2.05) is 19.1 Å². The second-order valence-electron chi connectivity index (χ2n) is 5.38. The van der Waals surface area contributed by atoms with Crippen LogP contribution in [0.4, 0.5) is 0 Å². The van der Waals surface area contributed by atoms with Crippen molar-refractivity contribution in [1.29, 1.82) is 0 Å². The second kappa shape index (κ2) is 6.52. The minimum atomic E-state index is -0.0499. The summed E-state index contributed by atoms with van der Waals surface area (Å²) in [7, 11) is 0. The molecular formula is C18H17NO4. The second-order valence-corrected chi connectivity index (χ2v) is 5.38. The normalized spacial score (nSPS) is 13.3. The lowest BCUT2D eigenvalue weighted by Gasteiger charge is -2.28. The van der Waals surface area contributed by atoms with E-state index in [0.717, 1.165) is 11.8 Å². The molecule has 0 saturated carbocycles. The van der Waals surface area contributed by atoms with Gasteiger partial charge in [-0.05, 0) is 48.9 Å². The van der Waals surface area contributed by atoms with Crippen LogP contribution in [-0.4, -0.2) is 37.0 Å². The van der Waals surface area contributed by atoms with E-state index in [2.05, 4.69) is 0 Å². The molecule has 2 aromatic carbocycles. The predicted octanol–water partition coefficient (Wildman–Crippen LogP) is 2.68. The Balaban J connectivity index is 1.57. The van der Waals surface area contributed by atoms with Crippen molar-refractivity contribution >= 4 is 12.2 Å². The summed E-state index contributed by atoms with van der Waals surface area (Å²) >= 11 is 0. The number of nitrogens with zero attached hydrogens (tertiary/aromatic N) is 1. The van der Waals surface area contributed by atoms with Gasteiger partial charge in [0.05, 0.1) is 12.1 Å². The highest BCUT2D eigenvalue weighted by atomic mass is 16.5. The topological polar surface area (TPSA) is 55.8 Å². The van der Waals surface area contributed by atoms with Crippen molar-refractivity contribution in [3.8, 4) is 11.5 Å². The smallest absolute Gasteiger partial charge is 0.260 e. The molecule has 0 aliphatic carbocycles. The summed E-state index contributed by atoms with van der Waals surface area (Å²) in [6.45, 7) is 2.98. The number of rotatable bonds is 5. The van der Waals surface area contributed by atoms with Gasteiger partial charge in [0.2, 0.25) is 0 Å². The minimum Gasteiger partial charge on any atom is -0.492 e. The van der Waals surface area contributed by atoms with Crippen molar-refractivity contribution in [2.24, 2.45) is 0 Å². The maximum absolute atomic E-state index is 12.4. The Morgan fingerprint density at radius 3 is 2.74 bits per heavy atom. The number of benzene rings is 2. The van der Waals surface area contributed by atoms with Crippen LogP contribution in [0.15, 0.2) is 42.5 Å². The third kappa shape index (κ3) is 3.34. The number of carbonyl (C=O) groups excluding carboxylic acids is 2. The van der Waals surface area contributed by atoms with E-state index in [0.29, 0.717) is 35.8 Å². The highest BCUT2D eigenvalue weighted by molar-refractivity contribution is 5.97. The van der Waals surface area contributed by atoms with Crippen LogP contribution in [-0.2, 0) is 0 Å². The monoisotopic (exact) mass is 311 g/mol. The number of amides is 1. The molecule has 0 radical (unpaired) electrons. The standard InChI is InChI=1S/C18H17NO4/c1-13-2-7-16-17(10-13)23-12-19(18(16)21)8-9-22-15-5-3-14(11-20)4-6-15/h2-7,10-11H,8-9,12H2,1H3. The SMILES string of the molecule is Cc1ccc2c(c1)OCN(CCOc1ccc(C=O)cc1)C2=O. The molecule has 1 aliphatic heterocycles. The van der Waals surface area contributed by atoms with Crippen LogP contribution >= 0.6 is 0 Å². The first-order chi connectivity index (χ1) is 11.2. The Kier molecular flexibility index (Phi) is 4.28. The van der Waals surface area contributed by atoms with E-state index in [9.17, 15) is 9.59 Å². The van der Waals surface area contributed by atoms with Crippen molar-refractivity contribution in [2.75, 3.05) is 19.9 Å². The minimum absolute atomic E-state index is 0.0499. The Labute approximate surface area is 134 Å². The number of ether oxygens (including phenoxy) is 2. The van der Waals surface area contributed by atoms with Gasteiger partial charge in [0.25, 0.3) is 5.91 Å². The van der Waals surface area contributed by atoms with Crippen molar-refractivity contribution in [1.82, 2.24) is 4.90 Å². The van der Waals surface area contributed by atoms with Gasteiger partial charge < -0.3 is 14.4 Å². The molecule has 0 spiro atoms. The molecule has 3 rings (SSSR count). The van der Waals surface area contributed by atoms with Crippen molar-refractivity contribution in [3.05, 3.63) is 59.2 Å². The van der Waals surface area contributed by atoms with Crippen LogP contribution in [0.2, 0.25) is 0 Å². The number of fused-ring (bicyclic) bond motifs is 1. The van der Waals surface area contributed by atoms with Crippen LogP contribution in [0.1, 0.15) is 26.3 Å². The molecule has 5 heteroatoms. The lowest BCUT2D eigenvalue weighted by atomic mass is 10.1. The first-order valence-electron chi connectivity index (χ1n) is 7.38. The van der Waals surface area contributed by atoms with Crippen LogP contribution in [0.5, 0.6) is 11.5 Å². The molecule has 0 saturated heterocycles. The zero-order chi connectivity index (χ0) is 16.2. The Morgan fingerprint density at radius 1 is 1.22 bits per heavy atom. The number of aryl methyl sites for hydroxylation is 1. The largest absolute Gasteiger partial charge is 0.492 e. The summed E-state index contributed by atoms with van der Waals surface area (Å²) in [5.41, 5.74) is 2.24. The summed E-state index contributed by atoms with van der Waals surface area (Å²) in [5.74, 6) is 1.25. The molecule has 0 unspecified atom stereocenters. The lowest BCUT2D eigenvalue weighted by Crippen LogP contribution is -2.41. The fourth-order valence-corrected chi connectivity index (χ4v) is 2.38. The van der Waals surface area contributed by atoms with Gasteiger partial charge in [-0.25, -0.2) is 0 Å². The van der Waals surface area contributed by atoms with E-state index in [1.165, 1.54) is 0 Å². The molecule has 0 fully saturated rings. The zero-order valence-corrected chi connectivity index (χ0v) is 12.8. The quantitative estimate of drug-likeness (QED) is 0.797. The van der Waals surface area contributed by atoms with Crippen LogP contribution < -0.4 is 9.47 Å². The first kappa shape index (κ1) is 15.1. The molecule has 0 aromatic heterocycles. The summed E-state index contributed by atoms with van der Waals surface area (Å²) in [6, 6.07) is 12.4. The number of hydrogen-bond donors (Lipinski definition) is 0. The molecule has 0 atom stereocenters. The van der Waals surface area contributed by atoms with Crippen LogP contribution in [0, 0.1) is 6.92 Å². The Hall–Kier alpha value is -2.82. The highest BCUT2D eigenvalue weighted by Gasteiger charge is 2.25. The average Bonchev–Trinajstić information content (AvgIpc) is 2.57. The van der Waals surface area contributed by atoms with E-state index in [-0.39, 0.29) is 12.6 Å². The molecule has 1 heterocycles. The highest BCUT2D eigenvalue weighted by Crippen LogP contribution is 2.25. The van der Waals surface area contributed by atoms with Gasteiger partial charge in [-0.3, -0.25) is 9.59 Å². The van der Waals surface area contributed by atoms with Gasteiger partial charge in [-0.15, -0.1) is 0 Å². The number of carbonyl (C=O) groups is 2. The fraction of sp³-hybridized carbons (Fsp3) is 0.222. The van der Waals surface area contributed by atoms with E-state index < -0.39 is 0 Å². The molecule has 23 heavy (non-hydrogen) atoms. The molecule has 0 N–H and O–H groups in total.